The van der Waals surface area contributed by atoms with Gasteiger partial charge in [0.05, 0.1) is 0 Å². The number of hydrogen-bond acceptors (Lipinski definition) is 3. The molecule has 7 nitrogen and oxygen atoms in total. The maximum atomic E-state index is 9.63. The van der Waals surface area contributed by atoms with E-state index in [9.17, 15) is 9.13 Å². The van der Waals surface area contributed by atoms with Crippen LogP contribution in [0.15, 0.2) is 0 Å². The van der Waals surface area contributed by atoms with Gasteiger partial charge in [-0.15, -0.1) is 0 Å². The van der Waals surface area contributed by atoms with Crippen LogP contribution in [0, 0.1) is 0 Å². The van der Waals surface area contributed by atoms with E-state index < -0.39 is 15.6 Å². The molecule has 0 aromatic heterocycles. The Morgan fingerprint density at radius 2 is 1.10 bits per heavy atom. The fourth-order valence-electron chi connectivity index (χ4n) is 0.139. The fourth-order valence-corrected chi connectivity index (χ4v) is 1.25. The molecule has 0 aromatic rings. The Balaban J connectivity index is 0. The monoisotopic (exact) mass is 380 g/mol. The SMILES string of the molecule is O=P(O)(O)OP(=O)(O)O.[Hg]. The molecule has 4 N–H and O–H groups in total. The Bertz CT molecular complexity index is 152. The average Bonchev–Trinajstić information content (AvgIpc) is 1.14. The molecule has 0 aliphatic rings. The van der Waals surface area contributed by atoms with Crippen LogP contribution in [-0.2, 0) is 41.1 Å². The minimum atomic E-state index is -5.05. The van der Waals surface area contributed by atoms with Crippen molar-refractivity contribution in [1.29, 1.82) is 0 Å². The first-order valence-corrected chi connectivity index (χ1v) is 4.59. The molecule has 0 radical (unpaired) electrons. The first-order chi connectivity index (χ1) is 3.71. The van der Waals surface area contributed by atoms with Crippen LogP contribution in [0.4, 0.5) is 0 Å². The number of hydrogen-bond donors (Lipinski definition) is 4. The largest absolute Gasteiger partial charge is 0.478 e. The van der Waals surface area contributed by atoms with Gasteiger partial charge in [-0.2, -0.15) is 4.31 Å². The zero-order valence-corrected chi connectivity index (χ0v) is 11.9. The minimum absolute atomic E-state index is 0. The first kappa shape index (κ1) is 13.8. The Kier molecular flexibility index (Phi) is 5.89. The Morgan fingerprint density at radius 1 is 0.900 bits per heavy atom. The molecule has 0 saturated heterocycles. The zero-order chi connectivity index (χ0) is 7.71. The molecule has 0 aromatic carbocycles. The van der Waals surface area contributed by atoms with Gasteiger partial charge in [-0.1, -0.05) is 0 Å². The molecule has 0 heterocycles. The molecule has 0 aliphatic heterocycles. The molecule has 0 spiro atoms. The van der Waals surface area contributed by atoms with Crippen LogP contribution in [0.3, 0.4) is 0 Å². The van der Waals surface area contributed by atoms with Gasteiger partial charge in [-0.05, 0) is 0 Å². The van der Waals surface area contributed by atoms with Crippen LogP contribution in [0.5, 0.6) is 0 Å². The van der Waals surface area contributed by atoms with Gasteiger partial charge in [0.1, 0.15) is 0 Å². The van der Waals surface area contributed by atoms with Gasteiger partial charge in [0, 0.05) is 27.7 Å². The van der Waals surface area contributed by atoms with Crippen LogP contribution >= 0.6 is 15.6 Å². The summed E-state index contributed by atoms with van der Waals surface area (Å²) in [5.74, 6) is 0. The van der Waals surface area contributed by atoms with Crippen LogP contribution in [0.1, 0.15) is 0 Å². The molecular weight excluding hydrogens is 375 g/mol. The van der Waals surface area contributed by atoms with Crippen molar-refractivity contribution < 1.29 is 60.7 Å². The van der Waals surface area contributed by atoms with E-state index in [2.05, 4.69) is 4.31 Å². The van der Waals surface area contributed by atoms with Crippen molar-refractivity contribution in [3.8, 4) is 0 Å². The van der Waals surface area contributed by atoms with Crippen molar-refractivity contribution in [3.63, 3.8) is 0 Å². The van der Waals surface area contributed by atoms with Crippen molar-refractivity contribution >= 4 is 15.6 Å². The third-order valence-corrected chi connectivity index (χ3v) is 1.91. The van der Waals surface area contributed by atoms with Crippen LogP contribution in [-0.4, -0.2) is 19.6 Å². The number of phosphoric acid groups is 2. The summed E-state index contributed by atoms with van der Waals surface area (Å²) in [6.07, 6.45) is 0. The molecular formula is H4HgO7P2. The van der Waals surface area contributed by atoms with Gasteiger partial charge >= 0.3 is 15.6 Å². The van der Waals surface area contributed by atoms with E-state index >= 15 is 0 Å². The molecule has 0 atom stereocenters. The van der Waals surface area contributed by atoms with E-state index in [1.54, 1.807) is 0 Å². The van der Waals surface area contributed by atoms with Crippen molar-refractivity contribution in [2.24, 2.45) is 0 Å². The Morgan fingerprint density at radius 3 is 1.10 bits per heavy atom. The Labute approximate surface area is 76.4 Å². The normalized spacial score (nSPS) is 12.4. The summed E-state index contributed by atoms with van der Waals surface area (Å²) in [7, 11) is -10.1. The van der Waals surface area contributed by atoms with E-state index in [0.717, 1.165) is 0 Å². The molecule has 10 heteroatoms. The molecule has 0 aliphatic carbocycles. The topological polar surface area (TPSA) is 124 Å². The van der Waals surface area contributed by atoms with Crippen LogP contribution in [0.2, 0.25) is 0 Å². The molecule has 0 amide bonds. The third-order valence-electron chi connectivity index (χ3n) is 0.213. The van der Waals surface area contributed by atoms with Crippen LogP contribution in [0.25, 0.3) is 0 Å². The van der Waals surface area contributed by atoms with Gasteiger partial charge in [-0.3, -0.25) is 0 Å². The zero-order valence-electron chi connectivity index (χ0n) is 4.62. The van der Waals surface area contributed by atoms with Crippen LogP contribution < -0.4 is 0 Å². The average molecular weight is 379 g/mol. The summed E-state index contributed by atoms with van der Waals surface area (Å²) < 4.78 is 22.2. The fraction of sp³-hybridized carbons (Fsp3) is 0. The summed E-state index contributed by atoms with van der Waals surface area (Å²) in [5, 5.41) is 0. The van der Waals surface area contributed by atoms with E-state index in [1.165, 1.54) is 0 Å². The van der Waals surface area contributed by atoms with E-state index in [1.807, 2.05) is 0 Å². The maximum Gasteiger partial charge on any atom is 0.478 e. The smallest absolute Gasteiger partial charge is 0.302 e. The molecule has 0 fully saturated rings. The molecule has 0 unspecified atom stereocenters. The van der Waals surface area contributed by atoms with E-state index in [4.69, 9.17) is 19.6 Å². The summed E-state index contributed by atoms with van der Waals surface area (Å²) >= 11 is 0. The summed E-state index contributed by atoms with van der Waals surface area (Å²) in [5.41, 5.74) is 0. The second-order valence-electron chi connectivity index (χ2n) is 1.06. The van der Waals surface area contributed by atoms with Crippen molar-refractivity contribution in [2.75, 3.05) is 0 Å². The molecule has 10 heavy (non-hydrogen) atoms. The summed E-state index contributed by atoms with van der Waals surface area (Å²) in [6, 6.07) is 0. The maximum absolute atomic E-state index is 9.63. The quantitative estimate of drug-likeness (QED) is 0.366. The van der Waals surface area contributed by atoms with Crippen molar-refractivity contribution in [2.45, 2.75) is 0 Å². The summed E-state index contributed by atoms with van der Waals surface area (Å²) in [6.45, 7) is 0. The predicted octanol–water partition coefficient (Wildman–Crippen LogP) is -0.814. The first-order valence-electron chi connectivity index (χ1n) is 1.53. The predicted molar refractivity (Wildman–Crippen MR) is 25.2 cm³/mol. The van der Waals surface area contributed by atoms with Gasteiger partial charge in [0.2, 0.25) is 0 Å². The molecule has 0 rings (SSSR count). The van der Waals surface area contributed by atoms with Gasteiger partial charge < -0.3 is 19.6 Å². The molecule has 58 valence electrons. The van der Waals surface area contributed by atoms with Gasteiger partial charge in [0.15, 0.2) is 0 Å². The minimum Gasteiger partial charge on any atom is -0.302 e. The van der Waals surface area contributed by atoms with E-state index in [-0.39, 0.29) is 27.7 Å². The van der Waals surface area contributed by atoms with Gasteiger partial charge in [-0.25, -0.2) is 9.13 Å². The number of rotatable bonds is 2. The summed E-state index contributed by atoms with van der Waals surface area (Å²) in [4.78, 5) is 31.0. The Hall–Kier alpha value is 1.20. The van der Waals surface area contributed by atoms with Crippen molar-refractivity contribution in [3.05, 3.63) is 0 Å². The second kappa shape index (κ2) is 4.28. The third kappa shape index (κ3) is 11.9. The standard InChI is InChI=1S/Hg.H4O7P2/c;1-8(2,3)7-9(4,5)6/h;(H2,1,2,3)(H2,4,5,6). The second-order valence-corrected chi connectivity index (χ2v) is 3.68. The van der Waals surface area contributed by atoms with Crippen molar-refractivity contribution in [1.82, 2.24) is 0 Å². The molecule has 0 saturated carbocycles. The molecule has 0 bridgehead atoms. The van der Waals surface area contributed by atoms with Gasteiger partial charge in [0.25, 0.3) is 0 Å². The van der Waals surface area contributed by atoms with E-state index in [0.29, 0.717) is 0 Å².